The van der Waals surface area contributed by atoms with E-state index in [0.29, 0.717) is 6.04 Å². The number of halogens is 1. The predicted octanol–water partition coefficient (Wildman–Crippen LogP) is 4.43. The molecule has 3 rings (SSSR count). The van der Waals surface area contributed by atoms with Crippen molar-refractivity contribution >= 4 is 11.6 Å². The topological polar surface area (TPSA) is 12.0 Å². The number of rotatable bonds is 6. The first-order valence-corrected chi connectivity index (χ1v) is 7.61. The Labute approximate surface area is 115 Å². The van der Waals surface area contributed by atoms with E-state index in [-0.39, 0.29) is 0 Å². The van der Waals surface area contributed by atoms with E-state index in [4.69, 9.17) is 11.6 Å². The third-order valence-electron chi connectivity index (χ3n) is 4.49. The van der Waals surface area contributed by atoms with E-state index in [0.717, 1.165) is 22.8 Å². The summed E-state index contributed by atoms with van der Waals surface area (Å²) in [6, 6.07) is 8.53. The van der Waals surface area contributed by atoms with Crippen LogP contribution >= 0.6 is 11.6 Å². The summed E-state index contributed by atoms with van der Waals surface area (Å²) < 4.78 is 0. The lowest BCUT2D eigenvalue weighted by Crippen LogP contribution is -2.28. The van der Waals surface area contributed by atoms with Crippen molar-refractivity contribution < 1.29 is 0 Å². The molecule has 18 heavy (non-hydrogen) atoms. The molecule has 0 aromatic heterocycles. The Morgan fingerprint density at radius 3 is 2.33 bits per heavy atom. The molecule has 2 aliphatic rings. The molecule has 1 atom stereocenters. The fourth-order valence-electron chi connectivity index (χ4n) is 3.02. The molecule has 0 bridgehead atoms. The van der Waals surface area contributed by atoms with E-state index in [1.54, 1.807) is 0 Å². The van der Waals surface area contributed by atoms with E-state index >= 15 is 0 Å². The third kappa shape index (κ3) is 2.89. The second kappa shape index (κ2) is 5.22. The van der Waals surface area contributed by atoms with Crippen molar-refractivity contribution in [3.05, 3.63) is 34.9 Å². The molecular formula is C16H22ClN. The molecule has 1 aromatic carbocycles. The average Bonchev–Trinajstić information content (AvgIpc) is 3.24. The maximum atomic E-state index is 6.24. The van der Waals surface area contributed by atoms with Crippen LogP contribution in [-0.4, -0.2) is 6.54 Å². The molecule has 0 aliphatic heterocycles. The van der Waals surface area contributed by atoms with Gasteiger partial charge in [0, 0.05) is 11.1 Å². The molecule has 98 valence electrons. The smallest absolute Gasteiger partial charge is 0.0453 e. The maximum absolute atomic E-state index is 6.24. The summed E-state index contributed by atoms with van der Waals surface area (Å²) in [4.78, 5) is 0. The van der Waals surface area contributed by atoms with Crippen LogP contribution in [0.4, 0.5) is 0 Å². The van der Waals surface area contributed by atoms with Gasteiger partial charge in [0.2, 0.25) is 0 Å². The van der Waals surface area contributed by atoms with Crippen molar-refractivity contribution in [2.75, 3.05) is 6.54 Å². The maximum Gasteiger partial charge on any atom is 0.0453 e. The lowest BCUT2D eigenvalue weighted by Gasteiger charge is -2.21. The van der Waals surface area contributed by atoms with Crippen molar-refractivity contribution in [3.63, 3.8) is 0 Å². The van der Waals surface area contributed by atoms with Gasteiger partial charge in [0.1, 0.15) is 0 Å². The van der Waals surface area contributed by atoms with Crippen molar-refractivity contribution in [1.82, 2.24) is 5.32 Å². The van der Waals surface area contributed by atoms with Crippen molar-refractivity contribution in [1.29, 1.82) is 0 Å². The first kappa shape index (κ1) is 12.5. The van der Waals surface area contributed by atoms with E-state index < -0.39 is 0 Å². The van der Waals surface area contributed by atoms with Gasteiger partial charge in [-0.1, -0.05) is 29.8 Å². The van der Waals surface area contributed by atoms with Crippen LogP contribution in [0.1, 0.15) is 44.2 Å². The molecule has 0 radical (unpaired) electrons. The lowest BCUT2D eigenvalue weighted by atomic mass is 9.97. The summed E-state index contributed by atoms with van der Waals surface area (Å²) >= 11 is 6.24. The molecule has 1 aromatic rings. The normalized spacial score (nSPS) is 21.3. The number of nitrogens with one attached hydrogen (secondary N) is 1. The van der Waals surface area contributed by atoms with Crippen LogP contribution in [0, 0.1) is 17.8 Å². The minimum Gasteiger partial charge on any atom is -0.310 e. The predicted molar refractivity (Wildman–Crippen MR) is 76.8 cm³/mol. The lowest BCUT2D eigenvalue weighted by molar-refractivity contribution is 0.362. The van der Waals surface area contributed by atoms with Gasteiger partial charge in [0.05, 0.1) is 0 Å². The summed E-state index contributed by atoms with van der Waals surface area (Å²) in [6.07, 6.45) is 5.85. The third-order valence-corrected chi connectivity index (χ3v) is 4.83. The zero-order chi connectivity index (χ0) is 12.5. The second-order valence-electron chi connectivity index (χ2n) is 5.99. The SMILES string of the molecule is CC(NCC(C1CC1)C1CC1)c1ccccc1Cl. The molecule has 0 saturated heterocycles. The van der Waals surface area contributed by atoms with Gasteiger partial charge in [-0.2, -0.15) is 0 Å². The van der Waals surface area contributed by atoms with Crippen LogP contribution in [0.3, 0.4) is 0 Å². The van der Waals surface area contributed by atoms with Gasteiger partial charge in [0.25, 0.3) is 0 Å². The highest BCUT2D eigenvalue weighted by Gasteiger charge is 2.41. The molecule has 2 saturated carbocycles. The molecule has 2 fully saturated rings. The van der Waals surface area contributed by atoms with Crippen molar-refractivity contribution in [3.8, 4) is 0 Å². The molecule has 0 amide bonds. The van der Waals surface area contributed by atoms with Crippen LogP contribution in [0.25, 0.3) is 0 Å². The summed E-state index contributed by atoms with van der Waals surface area (Å²) in [5.74, 6) is 2.96. The summed E-state index contributed by atoms with van der Waals surface area (Å²) in [5.41, 5.74) is 1.23. The van der Waals surface area contributed by atoms with Crippen LogP contribution in [0.5, 0.6) is 0 Å². The Kier molecular flexibility index (Phi) is 3.63. The monoisotopic (exact) mass is 263 g/mol. The van der Waals surface area contributed by atoms with Crippen LogP contribution in [0.15, 0.2) is 24.3 Å². The van der Waals surface area contributed by atoms with Gasteiger partial charge in [-0.25, -0.2) is 0 Å². The zero-order valence-corrected chi connectivity index (χ0v) is 11.8. The molecule has 0 heterocycles. The van der Waals surface area contributed by atoms with Gasteiger partial charge in [-0.15, -0.1) is 0 Å². The molecule has 0 spiro atoms. The minimum absolute atomic E-state index is 0.360. The highest BCUT2D eigenvalue weighted by Crippen LogP contribution is 2.49. The van der Waals surface area contributed by atoms with Gasteiger partial charge in [-0.3, -0.25) is 0 Å². The average molecular weight is 264 g/mol. The Morgan fingerprint density at radius 1 is 1.17 bits per heavy atom. The Bertz CT molecular complexity index is 397. The van der Waals surface area contributed by atoms with Crippen molar-refractivity contribution in [2.24, 2.45) is 17.8 Å². The van der Waals surface area contributed by atoms with E-state index in [1.165, 1.54) is 37.8 Å². The quantitative estimate of drug-likeness (QED) is 0.801. The fraction of sp³-hybridized carbons (Fsp3) is 0.625. The molecule has 1 N–H and O–H groups in total. The molecular weight excluding hydrogens is 242 g/mol. The van der Waals surface area contributed by atoms with Gasteiger partial charge < -0.3 is 5.32 Å². The van der Waals surface area contributed by atoms with Gasteiger partial charge in [-0.05, 0) is 68.5 Å². The van der Waals surface area contributed by atoms with E-state index in [9.17, 15) is 0 Å². The number of benzene rings is 1. The van der Waals surface area contributed by atoms with E-state index in [1.807, 2.05) is 12.1 Å². The summed E-state index contributed by atoms with van der Waals surface area (Å²) in [7, 11) is 0. The van der Waals surface area contributed by atoms with Crippen LogP contribution in [-0.2, 0) is 0 Å². The first-order chi connectivity index (χ1) is 8.75. The summed E-state index contributed by atoms with van der Waals surface area (Å²) in [6.45, 7) is 3.39. The van der Waals surface area contributed by atoms with E-state index in [2.05, 4.69) is 24.4 Å². The summed E-state index contributed by atoms with van der Waals surface area (Å²) in [5, 5.41) is 4.58. The second-order valence-corrected chi connectivity index (χ2v) is 6.40. The minimum atomic E-state index is 0.360. The van der Waals surface area contributed by atoms with Gasteiger partial charge in [0.15, 0.2) is 0 Å². The highest BCUT2D eigenvalue weighted by molar-refractivity contribution is 6.31. The molecule has 2 aliphatic carbocycles. The Morgan fingerprint density at radius 2 is 1.78 bits per heavy atom. The first-order valence-electron chi connectivity index (χ1n) is 7.23. The number of hydrogen-bond donors (Lipinski definition) is 1. The molecule has 1 nitrogen and oxygen atoms in total. The molecule has 1 unspecified atom stereocenters. The van der Waals surface area contributed by atoms with Crippen LogP contribution < -0.4 is 5.32 Å². The Hall–Kier alpha value is -0.530. The standard InChI is InChI=1S/C16H22ClN/c1-11(14-4-2-3-5-16(14)17)18-10-15(12-6-7-12)13-8-9-13/h2-5,11-13,15,18H,6-10H2,1H3. The Balaban J connectivity index is 1.57. The largest absolute Gasteiger partial charge is 0.310 e. The van der Waals surface area contributed by atoms with Crippen molar-refractivity contribution in [2.45, 2.75) is 38.6 Å². The zero-order valence-electron chi connectivity index (χ0n) is 11.0. The van der Waals surface area contributed by atoms with Crippen LogP contribution in [0.2, 0.25) is 5.02 Å². The fourth-order valence-corrected chi connectivity index (χ4v) is 3.32. The highest BCUT2D eigenvalue weighted by atomic mass is 35.5. The molecule has 2 heteroatoms. The number of hydrogen-bond acceptors (Lipinski definition) is 1. The van der Waals surface area contributed by atoms with Gasteiger partial charge >= 0.3 is 0 Å².